The van der Waals surface area contributed by atoms with Crippen molar-refractivity contribution in [1.29, 1.82) is 5.26 Å². The number of rotatable bonds is 5. The van der Waals surface area contributed by atoms with Crippen LogP contribution in [0.2, 0.25) is 0 Å². The third-order valence-corrected chi connectivity index (χ3v) is 4.79. The Hall–Kier alpha value is -3.73. The number of nitriles is 1. The molecule has 3 aromatic rings. The molecule has 0 unspecified atom stereocenters. The van der Waals surface area contributed by atoms with Gasteiger partial charge in [0.2, 0.25) is 5.89 Å². The Morgan fingerprint density at radius 2 is 2.17 bits per heavy atom. The van der Waals surface area contributed by atoms with E-state index in [-0.39, 0.29) is 23.6 Å². The molecule has 0 bridgehead atoms. The number of halogens is 1. The van der Waals surface area contributed by atoms with Crippen molar-refractivity contribution in [3.8, 4) is 6.07 Å². The van der Waals surface area contributed by atoms with E-state index < -0.39 is 23.3 Å². The molecular weight excluding hydrogens is 375 g/mol. The fourth-order valence-electron chi connectivity index (χ4n) is 3.23. The monoisotopic (exact) mass is 394 g/mol. The molecule has 7 nitrogen and oxygen atoms in total. The zero-order valence-corrected chi connectivity index (χ0v) is 16.2. The lowest BCUT2D eigenvalue weighted by atomic mass is 10.0. The summed E-state index contributed by atoms with van der Waals surface area (Å²) in [6, 6.07) is 7.34. The fourth-order valence-corrected chi connectivity index (χ4v) is 3.23. The largest absolute Gasteiger partial charge is 0.447 e. The lowest BCUT2D eigenvalue weighted by Gasteiger charge is -2.19. The molecule has 0 spiro atoms. The number of hydrogen-bond acceptors (Lipinski definition) is 5. The van der Waals surface area contributed by atoms with E-state index in [2.05, 4.69) is 10.3 Å². The second-order valence-corrected chi connectivity index (χ2v) is 6.64. The summed E-state index contributed by atoms with van der Waals surface area (Å²) in [4.78, 5) is 29.7. The van der Waals surface area contributed by atoms with Crippen molar-refractivity contribution in [3.63, 3.8) is 0 Å². The average molecular weight is 394 g/mol. The van der Waals surface area contributed by atoms with Crippen LogP contribution in [0.15, 0.2) is 45.9 Å². The van der Waals surface area contributed by atoms with Gasteiger partial charge in [0, 0.05) is 5.69 Å². The lowest BCUT2D eigenvalue weighted by molar-refractivity contribution is 0.0937. The number of aromatic nitrogens is 2. The highest BCUT2D eigenvalue weighted by Gasteiger charge is 2.23. The number of benzene rings is 1. The molecule has 1 amide bonds. The van der Waals surface area contributed by atoms with Gasteiger partial charge in [0.1, 0.15) is 30.3 Å². The molecule has 29 heavy (non-hydrogen) atoms. The first kappa shape index (κ1) is 20.0. The van der Waals surface area contributed by atoms with E-state index in [1.807, 2.05) is 6.07 Å². The van der Waals surface area contributed by atoms with Crippen LogP contribution in [0.4, 0.5) is 4.39 Å². The summed E-state index contributed by atoms with van der Waals surface area (Å²) in [5, 5.41) is 12.3. The summed E-state index contributed by atoms with van der Waals surface area (Å²) in [7, 11) is 0. The average Bonchev–Trinajstić information content (AvgIpc) is 3.19. The summed E-state index contributed by atoms with van der Waals surface area (Å²) in [5.74, 6) is -0.584. The summed E-state index contributed by atoms with van der Waals surface area (Å²) < 4.78 is 20.0. The minimum atomic E-state index is -0.518. The van der Waals surface area contributed by atoms with Crippen molar-refractivity contribution in [3.05, 3.63) is 86.7 Å². The van der Waals surface area contributed by atoms with Crippen LogP contribution in [-0.2, 0) is 6.54 Å². The molecule has 2 heterocycles. The lowest BCUT2D eigenvalue weighted by Crippen LogP contribution is -2.34. The van der Waals surface area contributed by atoms with Crippen molar-refractivity contribution in [2.75, 3.05) is 0 Å². The molecule has 0 radical (unpaired) electrons. The first-order valence-corrected chi connectivity index (χ1v) is 8.92. The van der Waals surface area contributed by atoms with Crippen LogP contribution >= 0.6 is 0 Å². The van der Waals surface area contributed by atoms with Crippen molar-refractivity contribution < 1.29 is 13.6 Å². The standard InChI is InChI=1S/C21H19FN4O3/c1-12-17(10-23)21(28)26(11-18-24-7-8-29-18)14(3)19(12)20(27)25-13(2)15-5-4-6-16(22)9-15/h4-9,13H,11H2,1-3H3,(H,25,27)/t13-/m0/s1. The Bertz CT molecular complexity index is 1160. The minimum Gasteiger partial charge on any atom is -0.447 e. The van der Waals surface area contributed by atoms with Gasteiger partial charge in [0.05, 0.1) is 17.8 Å². The van der Waals surface area contributed by atoms with Crippen molar-refractivity contribution >= 4 is 5.91 Å². The van der Waals surface area contributed by atoms with E-state index in [4.69, 9.17) is 4.42 Å². The molecule has 2 aromatic heterocycles. The highest BCUT2D eigenvalue weighted by Crippen LogP contribution is 2.19. The number of nitrogens with zero attached hydrogens (tertiary/aromatic N) is 3. The van der Waals surface area contributed by atoms with Crippen LogP contribution in [-0.4, -0.2) is 15.5 Å². The highest BCUT2D eigenvalue weighted by atomic mass is 19.1. The quantitative estimate of drug-likeness (QED) is 0.717. The van der Waals surface area contributed by atoms with E-state index >= 15 is 0 Å². The molecule has 8 heteroatoms. The topological polar surface area (TPSA) is 101 Å². The predicted molar refractivity (Wildman–Crippen MR) is 103 cm³/mol. The third-order valence-electron chi connectivity index (χ3n) is 4.79. The molecule has 148 valence electrons. The maximum Gasteiger partial charge on any atom is 0.269 e. The Morgan fingerprint density at radius 3 is 2.79 bits per heavy atom. The summed E-state index contributed by atoms with van der Waals surface area (Å²) in [5.41, 5.74) is 0.857. The molecule has 0 aliphatic heterocycles. The van der Waals surface area contributed by atoms with Gasteiger partial charge in [-0.15, -0.1) is 0 Å². The molecular formula is C21H19FN4O3. The SMILES string of the molecule is Cc1c(C(=O)N[C@@H](C)c2cccc(F)c2)c(C)n(Cc2ncco2)c(=O)c1C#N. The van der Waals surface area contributed by atoms with Crippen LogP contribution in [0.5, 0.6) is 0 Å². The molecule has 0 saturated heterocycles. The number of pyridine rings is 1. The molecule has 3 rings (SSSR count). The molecule has 0 aliphatic rings. The maximum absolute atomic E-state index is 13.5. The third kappa shape index (κ3) is 3.94. The first-order chi connectivity index (χ1) is 13.8. The van der Waals surface area contributed by atoms with Gasteiger partial charge in [-0.2, -0.15) is 5.26 Å². The summed E-state index contributed by atoms with van der Waals surface area (Å²) in [6.07, 6.45) is 2.83. The Morgan fingerprint density at radius 1 is 1.41 bits per heavy atom. The number of carbonyl (C=O) groups excluding carboxylic acids is 1. The number of oxazole rings is 1. The first-order valence-electron chi connectivity index (χ1n) is 8.92. The van der Waals surface area contributed by atoms with Gasteiger partial charge in [0.15, 0.2) is 0 Å². The van der Waals surface area contributed by atoms with Crippen molar-refractivity contribution in [2.45, 2.75) is 33.4 Å². The van der Waals surface area contributed by atoms with Crippen molar-refractivity contribution in [1.82, 2.24) is 14.9 Å². The van der Waals surface area contributed by atoms with Gasteiger partial charge in [0.25, 0.3) is 11.5 Å². The van der Waals surface area contributed by atoms with E-state index in [9.17, 15) is 19.2 Å². The van der Waals surface area contributed by atoms with E-state index in [1.54, 1.807) is 32.9 Å². The number of carbonyl (C=O) groups is 1. The molecule has 0 fully saturated rings. The molecule has 0 saturated carbocycles. The van der Waals surface area contributed by atoms with Gasteiger partial charge in [-0.25, -0.2) is 9.37 Å². The van der Waals surface area contributed by atoms with Gasteiger partial charge >= 0.3 is 0 Å². The minimum absolute atomic E-state index is 0.00758. The number of amides is 1. The highest BCUT2D eigenvalue weighted by molar-refractivity contribution is 5.97. The zero-order valence-electron chi connectivity index (χ0n) is 16.2. The van der Waals surface area contributed by atoms with E-state index in [1.165, 1.54) is 29.2 Å². The fraction of sp³-hybridized carbons (Fsp3) is 0.238. The zero-order chi connectivity index (χ0) is 21.1. The van der Waals surface area contributed by atoms with Crippen LogP contribution in [0, 0.1) is 31.0 Å². The molecule has 0 aliphatic carbocycles. The second-order valence-electron chi connectivity index (χ2n) is 6.64. The predicted octanol–water partition coefficient (Wildman–Crippen LogP) is 3.00. The van der Waals surface area contributed by atoms with Gasteiger partial charge < -0.3 is 14.3 Å². The van der Waals surface area contributed by atoms with Crippen molar-refractivity contribution in [2.24, 2.45) is 0 Å². The van der Waals surface area contributed by atoms with Crippen LogP contribution in [0.3, 0.4) is 0 Å². The number of nitrogens with one attached hydrogen (secondary N) is 1. The van der Waals surface area contributed by atoms with E-state index in [0.717, 1.165) is 0 Å². The van der Waals surface area contributed by atoms with E-state index in [0.29, 0.717) is 16.8 Å². The second kappa shape index (κ2) is 8.10. The number of hydrogen-bond donors (Lipinski definition) is 1. The maximum atomic E-state index is 13.5. The Labute approximate surface area is 166 Å². The normalized spacial score (nSPS) is 11.7. The summed E-state index contributed by atoms with van der Waals surface area (Å²) in [6.45, 7) is 4.90. The van der Waals surface area contributed by atoms with Gasteiger partial charge in [-0.3, -0.25) is 9.59 Å². The van der Waals surface area contributed by atoms with Gasteiger partial charge in [-0.05, 0) is 44.0 Å². The van der Waals surface area contributed by atoms with Crippen LogP contribution in [0.25, 0.3) is 0 Å². The van der Waals surface area contributed by atoms with Crippen LogP contribution in [0.1, 0.15) is 51.6 Å². The Kier molecular flexibility index (Phi) is 5.59. The van der Waals surface area contributed by atoms with Crippen LogP contribution < -0.4 is 10.9 Å². The summed E-state index contributed by atoms with van der Waals surface area (Å²) >= 11 is 0. The van der Waals surface area contributed by atoms with Gasteiger partial charge in [-0.1, -0.05) is 12.1 Å². The Balaban J connectivity index is 2.02. The molecule has 1 atom stereocenters. The smallest absolute Gasteiger partial charge is 0.269 e. The molecule has 1 N–H and O–H groups in total. The molecule has 1 aromatic carbocycles.